The summed E-state index contributed by atoms with van der Waals surface area (Å²) in [4.78, 5) is 27.2. The predicted molar refractivity (Wildman–Crippen MR) is 106 cm³/mol. The number of hydrogen-bond donors (Lipinski definition) is 2. The van der Waals surface area contributed by atoms with Gasteiger partial charge in [-0.15, -0.1) is 0 Å². The molecule has 2 amide bonds. The van der Waals surface area contributed by atoms with Crippen molar-refractivity contribution in [2.75, 3.05) is 26.2 Å². The largest absolute Gasteiger partial charge is 0.444 e. The smallest absolute Gasteiger partial charge is 0.410 e. The van der Waals surface area contributed by atoms with Crippen LogP contribution in [-0.2, 0) is 9.53 Å². The number of nitrogens with one attached hydrogen (secondary N) is 2. The predicted octanol–water partition coefficient (Wildman–Crippen LogP) is 3.24. The Hall–Kier alpha value is -2.08. The molecule has 1 atom stereocenters. The minimum Gasteiger partial charge on any atom is -0.444 e. The summed E-state index contributed by atoms with van der Waals surface area (Å²) in [7, 11) is 0. The monoisotopic (exact) mass is 375 g/mol. The minimum atomic E-state index is -0.583. The van der Waals surface area contributed by atoms with E-state index in [1.165, 1.54) is 0 Å². The fraction of sp³-hybridized carbons (Fsp3) is 0.619. The number of benzene rings is 1. The Labute approximate surface area is 162 Å². The Balaban J connectivity index is 2.28. The van der Waals surface area contributed by atoms with Gasteiger partial charge in [-0.3, -0.25) is 4.79 Å². The molecule has 1 aromatic carbocycles. The molecule has 1 aromatic rings. The molecule has 1 unspecified atom stereocenters. The van der Waals surface area contributed by atoms with Crippen LogP contribution >= 0.6 is 0 Å². The molecule has 27 heavy (non-hydrogen) atoms. The molecule has 0 aliphatic carbocycles. The highest BCUT2D eigenvalue weighted by atomic mass is 16.6. The molecule has 1 aliphatic rings. The maximum absolute atomic E-state index is 12.9. The Bertz CT molecular complexity index is 598. The van der Waals surface area contributed by atoms with E-state index in [1.54, 1.807) is 4.90 Å². The summed E-state index contributed by atoms with van der Waals surface area (Å²) in [5, 5.41) is 6.39. The average molecular weight is 376 g/mol. The first-order valence-corrected chi connectivity index (χ1v) is 9.89. The topological polar surface area (TPSA) is 70.7 Å². The molecule has 150 valence electrons. The highest BCUT2D eigenvalue weighted by molar-refractivity contribution is 5.78. The Morgan fingerprint density at radius 2 is 1.74 bits per heavy atom. The van der Waals surface area contributed by atoms with Crippen LogP contribution in [0.2, 0.25) is 0 Å². The zero-order chi connectivity index (χ0) is 19.7. The second-order valence-electron chi connectivity index (χ2n) is 7.96. The normalized spacial score (nSPS) is 20.6. The van der Waals surface area contributed by atoms with Gasteiger partial charge in [0.15, 0.2) is 0 Å². The quantitative estimate of drug-likeness (QED) is 0.790. The van der Waals surface area contributed by atoms with Gasteiger partial charge in [-0.25, -0.2) is 4.79 Å². The van der Waals surface area contributed by atoms with E-state index >= 15 is 0 Å². The Morgan fingerprint density at radius 1 is 1.07 bits per heavy atom. The fourth-order valence-electron chi connectivity index (χ4n) is 3.13. The van der Waals surface area contributed by atoms with Gasteiger partial charge in [-0.2, -0.15) is 0 Å². The zero-order valence-electron chi connectivity index (χ0n) is 16.8. The van der Waals surface area contributed by atoms with Crippen molar-refractivity contribution in [2.45, 2.75) is 58.1 Å². The lowest BCUT2D eigenvalue weighted by atomic mass is 10.0. The summed E-state index contributed by atoms with van der Waals surface area (Å²) in [5.41, 5.74) is 0.362. The molecule has 0 saturated carbocycles. The van der Waals surface area contributed by atoms with Gasteiger partial charge < -0.3 is 20.3 Å². The standard InChI is InChI=1S/C21H33N3O3/c1-21(2,3)27-20(26)24-15-9-13-22-12-7-8-14-23-19(25)16-18(24)17-10-5-4-6-11-17/h4-6,10-11,18,22H,7-9,12-16H2,1-3H3,(H,23,25). The van der Waals surface area contributed by atoms with Gasteiger partial charge in [-0.05, 0) is 58.7 Å². The summed E-state index contributed by atoms with van der Waals surface area (Å²) >= 11 is 0. The van der Waals surface area contributed by atoms with Crippen molar-refractivity contribution in [2.24, 2.45) is 0 Å². The van der Waals surface area contributed by atoms with E-state index in [-0.39, 0.29) is 24.5 Å². The molecule has 1 saturated heterocycles. The first-order valence-electron chi connectivity index (χ1n) is 9.89. The number of carbonyl (C=O) groups is 2. The molecule has 6 heteroatoms. The number of nitrogens with zero attached hydrogens (tertiary/aromatic N) is 1. The molecule has 0 bridgehead atoms. The maximum Gasteiger partial charge on any atom is 0.410 e. The lowest BCUT2D eigenvalue weighted by Crippen LogP contribution is -2.42. The van der Waals surface area contributed by atoms with Crippen molar-refractivity contribution in [3.63, 3.8) is 0 Å². The Morgan fingerprint density at radius 3 is 2.44 bits per heavy atom. The lowest BCUT2D eigenvalue weighted by molar-refractivity contribution is -0.122. The number of ether oxygens (including phenoxy) is 1. The van der Waals surface area contributed by atoms with Gasteiger partial charge in [-0.1, -0.05) is 30.3 Å². The van der Waals surface area contributed by atoms with Crippen LogP contribution in [0.15, 0.2) is 30.3 Å². The highest BCUT2D eigenvalue weighted by Crippen LogP contribution is 2.27. The lowest BCUT2D eigenvalue weighted by Gasteiger charge is -2.33. The van der Waals surface area contributed by atoms with E-state index in [4.69, 9.17) is 4.74 Å². The van der Waals surface area contributed by atoms with Crippen molar-refractivity contribution in [3.8, 4) is 0 Å². The van der Waals surface area contributed by atoms with E-state index in [1.807, 2.05) is 51.1 Å². The van der Waals surface area contributed by atoms with Gasteiger partial charge in [0.2, 0.25) is 5.91 Å². The van der Waals surface area contributed by atoms with Gasteiger partial charge in [0, 0.05) is 13.1 Å². The first-order chi connectivity index (χ1) is 12.9. The van der Waals surface area contributed by atoms with E-state index in [0.717, 1.165) is 37.9 Å². The van der Waals surface area contributed by atoms with Crippen molar-refractivity contribution in [3.05, 3.63) is 35.9 Å². The van der Waals surface area contributed by atoms with Gasteiger partial charge in [0.1, 0.15) is 5.60 Å². The molecule has 6 nitrogen and oxygen atoms in total. The van der Waals surface area contributed by atoms with Crippen molar-refractivity contribution in [1.82, 2.24) is 15.5 Å². The van der Waals surface area contributed by atoms with Crippen LogP contribution in [0, 0.1) is 0 Å². The second kappa shape index (κ2) is 10.3. The third-order valence-corrected chi connectivity index (χ3v) is 4.42. The third kappa shape index (κ3) is 7.59. The first kappa shape index (κ1) is 21.2. The number of rotatable bonds is 1. The molecule has 1 fully saturated rings. The molecular weight excluding hydrogens is 342 g/mol. The molecule has 0 radical (unpaired) electrons. The number of hydrogen-bond acceptors (Lipinski definition) is 4. The van der Waals surface area contributed by atoms with Crippen molar-refractivity contribution >= 4 is 12.0 Å². The minimum absolute atomic E-state index is 0.0374. The third-order valence-electron chi connectivity index (χ3n) is 4.42. The van der Waals surface area contributed by atoms with Gasteiger partial charge in [0.05, 0.1) is 12.5 Å². The average Bonchev–Trinajstić information content (AvgIpc) is 2.62. The molecule has 0 aromatic heterocycles. The number of amides is 2. The Kier molecular flexibility index (Phi) is 8.10. The van der Waals surface area contributed by atoms with Crippen LogP contribution in [0.3, 0.4) is 0 Å². The molecule has 0 spiro atoms. The zero-order valence-corrected chi connectivity index (χ0v) is 16.8. The second-order valence-corrected chi connectivity index (χ2v) is 7.96. The van der Waals surface area contributed by atoms with E-state index in [0.29, 0.717) is 13.1 Å². The molecule has 2 rings (SSSR count). The van der Waals surface area contributed by atoms with E-state index in [9.17, 15) is 9.59 Å². The van der Waals surface area contributed by atoms with Crippen molar-refractivity contribution in [1.29, 1.82) is 0 Å². The van der Waals surface area contributed by atoms with Crippen LogP contribution in [0.5, 0.6) is 0 Å². The molecule has 1 heterocycles. The van der Waals surface area contributed by atoms with Crippen LogP contribution in [0.25, 0.3) is 0 Å². The summed E-state index contributed by atoms with van der Waals surface area (Å²) in [6, 6.07) is 9.39. The molecule has 2 N–H and O–H groups in total. The molecular formula is C21H33N3O3. The molecule has 1 aliphatic heterocycles. The van der Waals surface area contributed by atoms with Crippen LogP contribution in [0.1, 0.15) is 58.1 Å². The number of carbonyl (C=O) groups excluding carboxylic acids is 2. The SMILES string of the molecule is CC(C)(C)OC(=O)N1CCCNCCCCNC(=O)CC1c1ccccc1. The summed E-state index contributed by atoms with van der Waals surface area (Å²) in [6.07, 6.45) is 2.64. The van der Waals surface area contributed by atoms with Crippen LogP contribution < -0.4 is 10.6 Å². The fourth-order valence-corrected chi connectivity index (χ4v) is 3.13. The maximum atomic E-state index is 12.9. The van der Waals surface area contributed by atoms with Gasteiger partial charge >= 0.3 is 6.09 Å². The van der Waals surface area contributed by atoms with E-state index < -0.39 is 5.60 Å². The summed E-state index contributed by atoms with van der Waals surface area (Å²) < 4.78 is 5.65. The van der Waals surface area contributed by atoms with E-state index in [2.05, 4.69) is 10.6 Å². The van der Waals surface area contributed by atoms with Gasteiger partial charge in [0.25, 0.3) is 0 Å². The van der Waals surface area contributed by atoms with Crippen LogP contribution in [-0.4, -0.2) is 48.7 Å². The highest BCUT2D eigenvalue weighted by Gasteiger charge is 2.30. The summed E-state index contributed by atoms with van der Waals surface area (Å²) in [5.74, 6) is -0.0374. The van der Waals surface area contributed by atoms with Crippen LogP contribution in [0.4, 0.5) is 4.79 Å². The summed E-state index contributed by atoms with van der Waals surface area (Å²) in [6.45, 7) is 8.53. The van der Waals surface area contributed by atoms with Crippen molar-refractivity contribution < 1.29 is 14.3 Å².